The topological polar surface area (TPSA) is 76.4 Å². The van der Waals surface area contributed by atoms with Crippen LogP contribution in [-0.4, -0.2) is 27.9 Å². The molecular formula is C17H23N3O3. The van der Waals surface area contributed by atoms with Crippen LogP contribution in [0.4, 0.5) is 5.69 Å². The number of carbonyl (C=O) groups is 1. The highest BCUT2D eigenvalue weighted by molar-refractivity contribution is 6.03. The highest BCUT2D eigenvalue weighted by atomic mass is 16.5. The number of aryl methyl sites for hydroxylation is 1. The smallest absolute Gasteiger partial charge is 0.273 e. The van der Waals surface area contributed by atoms with Gasteiger partial charge in [0, 0.05) is 23.7 Å². The summed E-state index contributed by atoms with van der Waals surface area (Å²) in [5.74, 6) is 0.339. The third-order valence-corrected chi connectivity index (χ3v) is 3.59. The number of aliphatic hydroxyl groups excluding tert-OH is 1. The van der Waals surface area contributed by atoms with Crippen molar-refractivity contribution in [3.8, 4) is 5.75 Å². The first kappa shape index (κ1) is 17.0. The Morgan fingerprint density at radius 3 is 2.57 bits per heavy atom. The van der Waals surface area contributed by atoms with Crippen molar-refractivity contribution in [2.75, 3.05) is 12.4 Å². The Hall–Kier alpha value is -2.34. The molecule has 6 heteroatoms. The first-order valence-electron chi connectivity index (χ1n) is 7.40. The quantitative estimate of drug-likeness (QED) is 0.908. The Morgan fingerprint density at radius 2 is 2.04 bits per heavy atom. The Bertz CT molecular complexity index is 714. The molecular weight excluding hydrogens is 294 g/mol. The maximum absolute atomic E-state index is 12.5. The SMILES string of the molecule is COc1ccc(NC(=O)c2cc(C(C)(C)C)nn2C)cc1CO. The molecule has 0 atom stereocenters. The Balaban J connectivity index is 2.24. The summed E-state index contributed by atoms with van der Waals surface area (Å²) >= 11 is 0. The number of ether oxygens (including phenoxy) is 1. The monoisotopic (exact) mass is 317 g/mol. The van der Waals surface area contributed by atoms with Crippen LogP contribution in [-0.2, 0) is 19.1 Å². The van der Waals surface area contributed by atoms with Crippen molar-refractivity contribution >= 4 is 11.6 Å². The first-order valence-corrected chi connectivity index (χ1v) is 7.40. The maximum atomic E-state index is 12.5. The van der Waals surface area contributed by atoms with Gasteiger partial charge in [-0.15, -0.1) is 0 Å². The van der Waals surface area contributed by atoms with E-state index in [4.69, 9.17) is 4.74 Å². The van der Waals surface area contributed by atoms with Gasteiger partial charge in [-0.1, -0.05) is 20.8 Å². The molecule has 2 N–H and O–H groups in total. The van der Waals surface area contributed by atoms with Crippen LogP contribution >= 0.6 is 0 Å². The molecule has 0 saturated carbocycles. The number of methoxy groups -OCH3 is 1. The number of aliphatic hydroxyl groups is 1. The molecule has 0 bridgehead atoms. The van der Waals surface area contributed by atoms with Gasteiger partial charge in [-0.05, 0) is 24.3 Å². The summed E-state index contributed by atoms with van der Waals surface area (Å²) in [6, 6.07) is 6.94. The van der Waals surface area contributed by atoms with Crippen LogP contribution in [0.15, 0.2) is 24.3 Å². The second-order valence-corrected chi connectivity index (χ2v) is 6.43. The van der Waals surface area contributed by atoms with E-state index in [1.807, 2.05) is 20.8 Å². The number of aromatic nitrogens is 2. The lowest BCUT2D eigenvalue weighted by Gasteiger charge is -2.13. The van der Waals surface area contributed by atoms with E-state index >= 15 is 0 Å². The fourth-order valence-corrected chi connectivity index (χ4v) is 2.22. The van der Waals surface area contributed by atoms with Gasteiger partial charge in [-0.25, -0.2) is 0 Å². The summed E-state index contributed by atoms with van der Waals surface area (Å²) < 4.78 is 6.73. The fourth-order valence-electron chi connectivity index (χ4n) is 2.22. The lowest BCUT2D eigenvalue weighted by Crippen LogP contribution is -2.16. The molecule has 0 radical (unpaired) electrons. The van der Waals surface area contributed by atoms with Gasteiger partial charge in [0.15, 0.2) is 0 Å². The summed E-state index contributed by atoms with van der Waals surface area (Å²) in [5, 5.41) is 16.6. The van der Waals surface area contributed by atoms with E-state index in [1.54, 1.807) is 36.0 Å². The minimum absolute atomic E-state index is 0.125. The number of nitrogens with zero attached hydrogens (tertiary/aromatic N) is 2. The van der Waals surface area contributed by atoms with Crippen LogP contribution in [0.5, 0.6) is 5.75 Å². The molecule has 23 heavy (non-hydrogen) atoms. The van der Waals surface area contributed by atoms with Crippen molar-refractivity contribution in [3.05, 3.63) is 41.2 Å². The van der Waals surface area contributed by atoms with Crippen LogP contribution in [0.25, 0.3) is 0 Å². The maximum Gasteiger partial charge on any atom is 0.273 e. The van der Waals surface area contributed by atoms with Gasteiger partial charge in [-0.2, -0.15) is 5.10 Å². The summed E-state index contributed by atoms with van der Waals surface area (Å²) in [6.07, 6.45) is 0. The zero-order chi connectivity index (χ0) is 17.2. The van der Waals surface area contributed by atoms with Crippen molar-refractivity contribution in [1.29, 1.82) is 0 Å². The molecule has 0 aliphatic carbocycles. The van der Waals surface area contributed by atoms with Crippen LogP contribution in [0, 0.1) is 0 Å². The second-order valence-electron chi connectivity index (χ2n) is 6.43. The molecule has 1 amide bonds. The van der Waals surface area contributed by atoms with E-state index in [-0.39, 0.29) is 17.9 Å². The van der Waals surface area contributed by atoms with Gasteiger partial charge in [0.2, 0.25) is 0 Å². The van der Waals surface area contributed by atoms with E-state index in [0.717, 1.165) is 5.69 Å². The van der Waals surface area contributed by atoms with Crippen molar-refractivity contribution in [1.82, 2.24) is 9.78 Å². The first-order chi connectivity index (χ1) is 10.8. The largest absolute Gasteiger partial charge is 0.496 e. The molecule has 1 heterocycles. The number of nitrogens with one attached hydrogen (secondary N) is 1. The lowest BCUT2D eigenvalue weighted by atomic mass is 9.92. The van der Waals surface area contributed by atoms with Gasteiger partial charge < -0.3 is 15.2 Å². The van der Waals surface area contributed by atoms with Crippen molar-refractivity contribution in [3.63, 3.8) is 0 Å². The molecule has 1 aromatic heterocycles. The second kappa shape index (κ2) is 6.42. The molecule has 2 aromatic rings. The molecule has 0 saturated heterocycles. The normalized spacial score (nSPS) is 11.4. The molecule has 0 fully saturated rings. The average Bonchev–Trinajstić information content (AvgIpc) is 2.89. The van der Waals surface area contributed by atoms with Crippen molar-refractivity contribution in [2.45, 2.75) is 32.8 Å². The van der Waals surface area contributed by atoms with Crippen molar-refractivity contribution < 1.29 is 14.6 Å². The number of carbonyl (C=O) groups excluding carboxylic acids is 1. The third kappa shape index (κ3) is 3.71. The zero-order valence-electron chi connectivity index (χ0n) is 14.2. The number of anilines is 1. The molecule has 2 rings (SSSR count). The standard InChI is InChI=1S/C17H23N3O3/c1-17(2,3)15-9-13(20(4)19-15)16(22)18-12-6-7-14(23-5)11(8-12)10-21/h6-9,21H,10H2,1-5H3,(H,18,22). The molecule has 0 aliphatic heterocycles. The molecule has 0 unspecified atom stereocenters. The van der Waals surface area contributed by atoms with Gasteiger partial charge >= 0.3 is 0 Å². The summed E-state index contributed by atoms with van der Waals surface area (Å²) in [5.41, 5.74) is 2.43. The van der Waals surface area contributed by atoms with E-state index in [9.17, 15) is 9.90 Å². The number of benzene rings is 1. The van der Waals surface area contributed by atoms with Crippen LogP contribution in [0.3, 0.4) is 0 Å². The van der Waals surface area contributed by atoms with Crippen LogP contribution in [0.1, 0.15) is 42.5 Å². The Labute approximate surface area is 136 Å². The van der Waals surface area contributed by atoms with Gasteiger partial charge in [0.05, 0.1) is 19.4 Å². The van der Waals surface area contributed by atoms with E-state index in [2.05, 4.69) is 10.4 Å². The Morgan fingerprint density at radius 1 is 1.35 bits per heavy atom. The van der Waals surface area contributed by atoms with Gasteiger partial charge in [-0.3, -0.25) is 9.48 Å². The van der Waals surface area contributed by atoms with Crippen LogP contribution < -0.4 is 10.1 Å². The Kier molecular flexibility index (Phi) is 4.75. The van der Waals surface area contributed by atoms with Gasteiger partial charge in [0.1, 0.15) is 11.4 Å². The van der Waals surface area contributed by atoms with E-state index in [0.29, 0.717) is 22.7 Å². The number of amides is 1. The average molecular weight is 317 g/mol. The van der Waals surface area contributed by atoms with Crippen LogP contribution in [0.2, 0.25) is 0 Å². The molecule has 6 nitrogen and oxygen atoms in total. The summed E-state index contributed by atoms with van der Waals surface area (Å²) in [6.45, 7) is 5.99. The molecule has 0 spiro atoms. The molecule has 1 aromatic carbocycles. The summed E-state index contributed by atoms with van der Waals surface area (Å²) in [4.78, 5) is 12.5. The molecule has 0 aliphatic rings. The fraction of sp³-hybridized carbons (Fsp3) is 0.412. The highest BCUT2D eigenvalue weighted by Crippen LogP contribution is 2.24. The highest BCUT2D eigenvalue weighted by Gasteiger charge is 2.21. The number of rotatable bonds is 4. The van der Waals surface area contributed by atoms with E-state index < -0.39 is 0 Å². The van der Waals surface area contributed by atoms with Gasteiger partial charge in [0.25, 0.3) is 5.91 Å². The van der Waals surface area contributed by atoms with Crippen molar-refractivity contribution in [2.24, 2.45) is 7.05 Å². The zero-order valence-corrected chi connectivity index (χ0v) is 14.2. The lowest BCUT2D eigenvalue weighted by molar-refractivity contribution is 0.101. The third-order valence-electron chi connectivity index (χ3n) is 3.59. The summed E-state index contributed by atoms with van der Waals surface area (Å²) in [7, 11) is 3.29. The predicted octanol–water partition coefficient (Wildman–Crippen LogP) is 2.47. The number of hydrogen-bond donors (Lipinski definition) is 2. The minimum atomic E-state index is -0.246. The predicted molar refractivity (Wildman–Crippen MR) is 88.8 cm³/mol. The number of hydrogen-bond acceptors (Lipinski definition) is 4. The molecule has 124 valence electrons. The van der Waals surface area contributed by atoms with E-state index in [1.165, 1.54) is 7.11 Å². The minimum Gasteiger partial charge on any atom is -0.496 e.